The van der Waals surface area contributed by atoms with Crippen LogP contribution >= 0.6 is 0 Å². The van der Waals surface area contributed by atoms with Crippen LogP contribution in [0, 0.1) is 5.21 Å². The molecule has 0 heterocycles. The van der Waals surface area contributed by atoms with Crippen molar-refractivity contribution in [3.63, 3.8) is 0 Å². The molecule has 0 unspecified atom stereocenters. The summed E-state index contributed by atoms with van der Waals surface area (Å²) in [6.07, 6.45) is 0. The van der Waals surface area contributed by atoms with Crippen LogP contribution in [-0.4, -0.2) is 39.5 Å². The van der Waals surface area contributed by atoms with E-state index in [1.165, 1.54) is 0 Å². The quantitative estimate of drug-likeness (QED) is 0.233. The minimum Gasteiger partial charge on any atom is -1.00 e. The van der Waals surface area contributed by atoms with Crippen LogP contribution in [0.1, 0.15) is 0 Å². The summed E-state index contributed by atoms with van der Waals surface area (Å²) >= 11 is 0. The maximum absolute atomic E-state index is 9.81. The highest BCUT2D eigenvalue weighted by atomic mass is 127. The lowest BCUT2D eigenvalue weighted by Crippen LogP contribution is -3.00. The van der Waals surface area contributed by atoms with Gasteiger partial charge in [-0.15, -0.1) is 0 Å². The molecule has 4 N–H and O–H groups in total. The molecular formula is C6H16I2N2O3-2. The average molecular weight is 418 g/mol. The molecule has 0 radical (unpaired) electrons. The molecule has 0 amide bonds. The van der Waals surface area contributed by atoms with Crippen molar-refractivity contribution < 1.29 is 62.9 Å². The molecule has 0 bridgehead atoms. The Morgan fingerprint density at radius 1 is 1.00 bits per heavy atom. The average Bonchev–Trinajstić information content (AvgIpc) is 2.03. The number of hydroxylamine groups is 1. The summed E-state index contributed by atoms with van der Waals surface area (Å²) in [6, 6.07) is 0. The number of rotatable bonds is 8. The first-order chi connectivity index (χ1) is 5.41. The van der Waals surface area contributed by atoms with E-state index < -0.39 is 0 Å². The van der Waals surface area contributed by atoms with E-state index in [1.54, 1.807) is 0 Å². The van der Waals surface area contributed by atoms with Gasteiger partial charge in [0.15, 0.2) is 0 Å². The standard InChI is InChI=1S/C6H16N2O3.2HI/c7-1-3-10-5-6-11-4-2-8-9;;/h1-8H2;2*1H/p-2. The van der Waals surface area contributed by atoms with E-state index in [9.17, 15) is 5.21 Å². The fourth-order valence-electron chi connectivity index (χ4n) is 0.537. The van der Waals surface area contributed by atoms with Crippen LogP contribution in [0.15, 0.2) is 0 Å². The predicted octanol–water partition coefficient (Wildman–Crippen LogP) is -7.95. The summed E-state index contributed by atoms with van der Waals surface area (Å²) in [5, 5.41) is 9.81. The van der Waals surface area contributed by atoms with Crippen molar-refractivity contribution in [3.8, 4) is 0 Å². The van der Waals surface area contributed by atoms with Gasteiger partial charge in [0.05, 0.1) is 33.0 Å². The molecule has 0 aromatic heterocycles. The second kappa shape index (κ2) is 18.9. The van der Waals surface area contributed by atoms with Crippen LogP contribution in [0.4, 0.5) is 0 Å². The summed E-state index contributed by atoms with van der Waals surface area (Å²) < 4.78 is 10.0. The predicted molar refractivity (Wildman–Crippen MR) is 40.9 cm³/mol. The Morgan fingerprint density at radius 2 is 1.54 bits per heavy atom. The lowest BCUT2D eigenvalue weighted by molar-refractivity contribution is -0.590. The lowest BCUT2D eigenvalue weighted by atomic mass is 10.7. The van der Waals surface area contributed by atoms with Crippen LogP contribution in [0.5, 0.6) is 0 Å². The molecule has 0 aromatic rings. The molecule has 0 rings (SSSR count). The fraction of sp³-hybridized carbons (Fsp3) is 1.00. The van der Waals surface area contributed by atoms with E-state index in [0.29, 0.717) is 39.5 Å². The Hall–Kier alpha value is 1.26. The molecule has 0 aliphatic rings. The number of hydrogen-bond donors (Lipinski definition) is 2. The summed E-state index contributed by atoms with van der Waals surface area (Å²) in [5.41, 5.74) is 6.01. The van der Waals surface area contributed by atoms with Crippen molar-refractivity contribution >= 4 is 0 Å². The molecule has 0 aliphatic heterocycles. The van der Waals surface area contributed by atoms with Crippen molar-refractivity contribution in [2.45, 2.75) is 0 Å². The largest absolute Gasteiger partial charge is 1.00 e. The minimum atomic E-state index is 0. The second-order valence-corrected chi connectivity index (χ2v) is 1.97. The molecule has 5 nitrogen and oxygen atoms in total. The van der Waals surface area contributed by atoms with E-state index in [1.807, 2.05) is 0 Å². The van der Waals surface area contributed by atoms with Gasteiger partial charge in [0.1, 0.15) is 0 Å². The van der Waals surface area contributed by atoms with E-state index in [2.05, 4.69) is 0 Å². The maximum atomic E-state index is 9.81. The molecule has 0 aromatic carbocycles. The number of nitrogens with two attached hydrogens (primary N) is 2. The van der Waals surface area contributed by atoms with Crippen molar-refractivity contribution in [3.05, 3.63) is 5.21 Å². The minimum absolute atomic E-state index is 0. The lowest BCUT2D eigenvalue weighted by Gasteiger charge is -2.04. The molecule has 0 fully saturated rings. The van der Waals surface area contributed by atoms with E-state index in [0.717, 1.165) is 5.48 Å². The third kappa shape index (κ3) is 19.6. The van der Waals surface area contributed by atoms with Crippen molar-refractivity contribution in [2.75, 3.05) is 39.5 Å². The van der Waals surface area contributed by atoms with E-state index in [4.69, 9.17) is 15.2 Å². The first-order valence-electron chi connectivity index (χ1n) is 3.71. The second-order valence-electron chi connectivity index (χ2n) is 1.97. The number of halogens is 2. The first kappa shape index (κ1) is 19.8. The Labute approximate surface area is 113 Å². The van der Waals surface area contributed by atoms with E-state index in [-0.39, 0.29) is 48.0 Å². The molecule has 0 saturated heterocycles. The molecule has 0 atom stereocenters. The zero-order valence-electron chi connectivity index (χ0n) is 7.38. The Bertz CT molecular complexity index is 72.9. The SMILES string of the molecule is NCCOCCOCC[NH2+][O-].[I-].[I-]. The normalized spacial score (nSPS) is 8.77. The van der Waals surface area contributed by atoms with Gasteiger partial charge in [-0.1, -0.05) is 0 Å². The monoisotopic (exact) mass is 418 g/mol. The highest BCUT2D eigenvalue weighted by Gasteiger charge is 1.87. The zero-order chi connectivity index (χ0) is 8.36. The highest BCUT2D eigenvalue weighted by Crippen LogP contribution is 1.75. The summed E-state index contributed by atoms with van der Waals surface area (Å²) in [7, 11) is 0. The molecule has 7 heteroatoms. The maximum Gasteiger partial charge on any atom is 0.0990 e. The van der Waals surface area contributed by atoms with Gasteiger partial charge in [-0.3, -0.25) is 0 Å². The third-order valence-corrected chi connectivity index (χ3v) is 1.01. The Balaban J connectivity index is -0.000000500. The molecule has 84 valence electrons. The molecular weight excluding hydrogens is 402 g/mol. The summed E-state index contributed by atoms with van der Waals surface area (Å²) in [4.78, 5) is 0. The van der Waals surface area contributed by atoms with Crippen LogP contribution in [-0.2, 0) is 9.47 Å². The van der Waals surface area contributed by atoms with Crippen molar-refractivity contribution in [2.24, 2.45) is 5.73 Å². The van der Waals surface area contributed by atoms with E-state index >= 15 is 0 Å². The number of hydrogen-bond acceptors (Lipinski definition) is 4. The Morgan fingerprint density at radius 3 is 2.00 bits per heavy atom. The van der Waals surface area contributed by atoms with Gasteiger partial charge in [0, 0.05) is 6.54 Å². The van der Waals surface area contributed by atoms with Gasteiger partial charge in [0.2, 0.25) is 0 Å². The van der Waals surface area contributed by atoms with Gasteiger partial charge in [0.25, 0.3) is 0 Å². The van der Waals surface area contributed by atoms with Crippen LogP contribution in [0.2, 0.25) is 0 Å². The highest BCUT2D eigenvalue weighted by molar-refractivity contribution is 4.32. The van der Waals surface area contributed by atoms with Gasteiger partial charge in [-0.25, -0.2) is 0 Å². The van der Waals surface area contributed by atoms with Gasteiger partial charge in [-0.05, 0) is 0 Å². The summed E-state index contributed by atoms with van der Waals surface area (Å²) in [5.74, 6) is 0. The van der Waals surface area contributed by atoms with Crippen LogP contribution in [0.3, 0.4) is 0 Å². The first-order valence-corrected chi connectivity index (χ1v) is 3.71. The smallest absolute Gasteiger partial charge is 0.0990 e. The Kier molecular flexibility index (Phi) is 28.8. The van der Waals surface area contributed by atoms with Gasteiger partial charge < -0.3 is 73.8 Å². The molecule has 0 spiro atoms. The van der Waals surface area contributed by atoms with Crippen LogP contribution < -0.4 is 59.2 Å². The fourth-order valence-corrected chi connectivity index (χ4v) is 0.537. The third-order valence-electron chi connectivity index (χ3n) is 1.01. The summed E-state index contributed by atoms with van der Waals surface area (Å²) in [6.45, 7) is 3.13. The molecule has 13 heavy (non-hydrogen) atoms. The molecule has 0 saturated carbocycles. The number of quaternary nitrogens is 1. The zero-order valence-corrected chi connectivity index (χ0v) is 11.7. The van der Waals surface area contributed by atoms with Gasteiger partial charge in [-0.2, -0.15) is 0 Å². The van der Waals surface area contributed by atoms with Crippen molar-refractivity contribution in [1.82, 2.24) is 0 Å². The van der Waals surface area contributed by atoms with Crippen molar-refractivity contribution in [1.29, 1.82) is 0 Å². The molecule has 0 aliphatic carbocycles. The van der Waals surface area contributed by atoms with Gasteiger partial charge >= 0.3 is 0 Å². The van der Waals surface area contributed by atoms with Crippen LogP contribution in [0.25, 0.3) is 0 Å². The number of ether oxygens (including phenoxy) is 2. The topological polar surface area (TPSA) is 84.2 Å².